The van der Waals surface area contributed by atoms with E-state index in [9.17, 15) is 18.0 Å². The van der Waals surface area contributed by atoms with Crippen LogP contribution in [0.3, 0.4) is 0 Å². The maximum absolute atomic E-state index is 12.5. The van der Waals surface area contributed by atoms with E-state index in [0.717, 1.165) is 7.11 Å². The SMILES string of the molecule is COc1nc(NC(C)=O)c(Cl)cc1C(F)(F)F. The fourth-order valence-corrected chi connectivity index (χ4v) is 1.28. The van der Waals surface area contributed by atoms with Crippen molar-refractivity contribution >= 4 is 23.3 Å². The average molecular weight is 269 g/mol. The van der Waals surface area contributed by atoms with Gasteiger partial charge in [-0.3, -0.25) is 4.79 Å². The molecule has 17 heavy (non-hydrogen) atoms. The van der Waals surface area contributed by atoms with Crippen molar-refractivity contribution in [3.8, 4) is 5.88 Å². The normalized spacial score (nSPS) is 11.2. The summed E-state index contributed by atoms with van der Waals surface area (Å²) in [5, 5.41) is 1.89. The molecule has 1 heterocycles. The van der Waals surface area contributed by atoms with Crippen LogP contribution in [0.2, 0.25) is 5.02 Å². The first kappa shape index (κ1) is 13.6. The fourth-order valence-electron chi connectivity index (χ4n) is 1.09. The lowest BCUT2D eigenvalue weighted by atomic mass is 10.2. The molecule has 1 amide bonds. The number of nitrogens with one attached hydrogen (secondary N) is 1. The Morgan fingerprint density at radius 1 is 1.53 bits per heavy atom. The highest BCUT2D eigenvalue weighted by Crippen LogP contribution is 2.38. The van der Waals surface area contributed by atoms with Gasteiger partial charge in [-0.2, -0.15) is 18.2 Å². The molecular weight excluding hydrogens is 261 g/mol. The highest BCUT2D eigenvalue weighted by atomic mass is 35.5. The second-order valence-corrected chi connectivity index (χ2v) is 3.46. The number of carbonyl (C=O) groups is 1. The molecule has 1 aromatic heterocycles. The molecule has 0 aliphatic heterocycles. The summed E-state index contributed by atoms with van der Waals surface area (Å²) in [7, 11) is 1.04. The number of ether oxygens (including phenoxy) is 1. The molecule has 0 radical (unpaired) electrons. The van der Waals surface area contributed by atoms with Gasteiger partial charge in [-0.25, -0.2) is 0 Å². The van der Waals surface area contributed by atoms with Crippen LogP contribution in [0.5, 0.6) is 5.88 Å². The van der Waals surface area contributed by atoms with Gasteiger partial charge in [0.1, 0.15) is 5.56 Å². The number of methoxy groups -OCH3 is 1. The van der Waals surface area contributed by atoms with Gasteiger partial charge >= 0.3 is 6.18 Å². The fraction of sp³-hybridized carbons (Fsp3) is 0.333. The second-order valence-electron chi connectivity index (χ2n) is 3.05. The predicted octanol–water partition coefficient (Wildman–Crippen LogP) is 2.72. The largest absolute Gasteiger partial charge is 0.481 e. The summed E-state index contributed by atoms with van der Waals surface area (Å²) in [6.07, 6.45) is -4.63. The zero-order chi connectivity index (χ0) is 13.2. The summed E-state index contributed by atoms with van der Waals surface area (Å²) in [5.41, 5.74) is -1.10. The molecule has 1 aromatic rings. The van der Waals surface area contributed by atoms with E-state index in [1.165, 1.54) is 6.92 Å². The summed E-state index contributed by atoms with van der Waals surface area (Å²) in [6.45, 7) is 1.18. The predicted molar refractivity (Wildman–Crippen MR) is 55.1 cm³/mol. The molecule has 0 unspecified atom stereocenters. The Balaban J connectivity index is 3.29. The number of hydrogen-bond donors (Lipinski definition) is 1. The van der Waals surface area contributed by atoms with E-state index in [-0.39, 0.29) is 10.8 Å². The van der Waals surface area contributed by atoms with Gasteiger partial charge in [-0.15, -0.1) is 0 Å². The van der Waals surface area contributed by atoms with Crippen LogP contribution in [0.1, 0.15) is 12.5 Å². The number of hydrogen-bond acceptors (Lipinski definition) is 3. The molecule has 0 saturated heterocycles. The van der Waals surface area contributed by atoms with Crippen LogP contribution in [0.25, 0.3) is 0 Å². The number of pyridine rings is 1. The van der Waals surface area contributed by atoms with E-state index in [1.54, 1.807) is 0 Å². The van der Waals surface area contributed by atoms with Crippen LogP contribution < -0.4 is 10.1 Å². The maximum Gasteiger partial charge on any atom is 0.421 e. The van der Waals surface area contributed by atoms with Gasteiger partial charge in [-0.1, -0.05) is 11.6 Å². The molecule has 0 bridgehead atoms. The third kappa shape index (κ3) is 3.23. The number of aromatic nitrogens is 1. The first-order chi connectivity index (χ1) is 7.75. The van der Waals surface area contributed by atoms with E-state index in [1.807, 2.05) is 0 Å². The molecule has 0 spiro atoms. The monoisotopic (exact) mass is 268 g/mol. The minimum Gasteiger partial charge on any atom is -0.481 e. The summed E-state index contributed by atoms with van der Waals surface area (Å²) >= 11 is 5.58. The first-order valence-corrected chi connectivity index (χ1v) is 4.72. The van der Waals surface area contributed by atoms with E-state index >= 15 is 0 Å². The lowest BCUT2D eigenvalue weighted by molar-refractivity contribution is -0.139. The number of rotatable bonds is 2. The molecular formula is C9H8ClF3N2O2. The van der Waals surface area contributed by atoms with Crippen LogP contribution in [-0.2, 0) is 11.0 Å². The molecule has 0 aromatic carbocycles. The number of amides is 1. The quantitative estimate of drug-likeness (QED) is 0.897. The van der Waals surface area contributed by atoms with Crippen LogP contribution in [0.4, 0.5) is 19.0 Å². The van der Waals surface area contributed by atoms with Crippen LogP contribution in [0.15, 0.2) is 6.07 Å². The molecule has 1 N–H and O–H groups in total. The third-order valence-corrected chi connectivity index (χ3v) is 2.02. The van der Waals surface area contributed by atoms with Crippen molar-refractivity contribution in [1.29, 1.82) is 0 Å². The number of alkyl halides is 3. The Hall–Kier alpha value is -1.50. The Morgan fingerprint density at radius 2 is 2.12 bits per heavy atom. The molecule has 94 valence electrons. The van der Waals surface area contributed by atoms with Crippen molar-refractivity contribution in [2.45, 2.75) is 13.1 Å². The first-order valence-electron chi connectivity index (χ1n) is 4.35. The van der Waals surface area contributed by atoms with Gasteiger partial charge in [0.15, 0.2) is 5.82 Å². The Labute approximate surface area is 99.7 Å². The van der Waals surface area contributed by atoms with Crippen molar-refractivity contribution in [1.82, 2.24) is 4.98 Å². The van der Waals surface area contributed by atoms with Crippen molar-refractivity contribution in [3.63, 3.8) is 0 Å². The van der Waals surface area contributed by atoms with Gasteiger partial charge in [0.05, 0.1) is 12.1 Å². The molecule has 8 heteroatoms. The minimum atomic E-state index is -4.63. The Bertz CT molecular complexity index is 449. The van der Waals surface area contributed by atoms with Gasteiger partial charge in [0.25, 0.3) is 0 Å². The van der Waals surface area contributed by atoms with Crippen LogP contribution in [0, 0.1) is 0 Å². The van der Waals surface area contributed by atoms with Gasteiger partial charge < -0.3 is 10.1 Å². The van der Waals surface area contributed by atoms with E-state index < -0.39 is 23.5 Å². The standard InChI is InChI=1S/C9H8ClF3N2O2/c1-4(16)14-7-6(10)3-5(9(11,12)13)8(15-7)17-2/h3H,1-2H3,(H,14,15,16). The molecule has 4 nitrogen and oxygen atoms in total. The zero-order valence-corrected chi connectivity index (χ0v) is 9.61. The van der Waals surface area contributed by atoms with Gasteiger partial charge in [0, 0.05) is 6.92 Å². The summed E-state index contributed by atoms with van der Waals surface area (Å²) in [5.74, 6) is -1.32. The van der Waals surface area contributed by atoms with Crippen molar-refractivity contribution in [2.24, 2.45) is 0 Å². The highest BCUT2D eigenvalue weighted by Gasteiger charge is 2.36. The highest BCUT2D eigenvalue weighted by molar-refractivity contribution is 6.33. The Morgan fingerprint density at radius 3 is 2.53 bits per heavy atom. The molecule has 0 aliphatic carbocycles. The Kier molecular flexibility index (Phi) is 3.82. The van der Waals surface area contributed by atoms with Crippen LogP contribution in [-0.4, -0.2) is 18.0 Å². The van der Waals surface area contributed by atoms with Crippen molar-refractivity contribution in [3.05, 3.63) is 16.7 Å². The number of carbonyl (C=O) groups excluding carboxylic acids is 1. The summed E-state index contributed by atoms with van der Waals surface area (Å²) in [6, 6.07) is 0.651. The molecule has 1 rings (SSSR count). The topological polar surface area (TPSA) is 51.2 Å². The minimum absolute atomic E-state index is 0.177. The van der Waals surface area contributed by atoms with Gasteiger partial charge in [-0.05, 0) is 6.07 Å². The number of anilines is 1. The molecule has 0 fully saturated rings. The van der Waals surface area contributed by atoms with Gasteiger partial charge in [0.2, 0.25) is 11.8 Å². The van der Waals surface area contributed by atoms with E-state index in [0.29, 0.717) is 6.07 Å². The lowest BCUT2D eigenvalue weighted by Gasteiger charge is -2.13. The van der Waals surface area contributed by atoms with Crippen molar-refractivity contribution < 1.29 is 22.7 Å². The molecule has 0 saturated carbocycles. The molecule has 0 aliphatic rings. The summed E-state index contributed by atoms with van der Waals surface area (Å²) in [4.78, 5) is 14.3. The van der Waals surface area contributed by atoms with E-state index in [2.05, 4.69) is 15.0 Å². The van der Waals surface area contributed by atoms with Crippen molar-refractivity contribution in [2.75, 3.05) is 12.4 Å². The third-order valence-electron chi connectivity index (χ3n) is 1.73. The smallest absolute Gasteiger partial charge is 0.421 e. The van der Waals surface area contributed by atoms with E-state index in [4.69, 9.17) is 11.6 Å². The maximum atomic E-state index is 12.5. The second kappa shape index (κ2) is 4.79. The molecule has 0 atom stereocenters. The lowest BCUT2D eigenvalue weighted by Crippen LogP contribution is -2.13. The summed E-state index contributed by atoms with van der Waals surface area (Å²) < 4.78 is 42.1. The van der Waals surface area contributed by atoms with Crippen LogP contribution >= 0.6 is 11.6 Å². The number of nitrogens with zero attached hydrogens (tertiary/aromatic N) is 1. The average Bonchev–Trinajstić information content (AvgIpc) is 2.18. The number of halogens is 4. The zero-order valence-electron chi connectivity index (χ0n) is 8.85.